The first-order valence-corrected chi connectivity index (χ1v) is 8.38. The summed E-state index contributed by atoms with van der Waals surface area (Å²) in [6.07, 6.45) is 4.81. The third kappa shape index (κ3) is 4.76. The Morgan fingerprint density at radius 1 is 1.25 bits per heavy atom. The zero-order valence-corrected chi connectivity index (χ0v) is 14.8. The van der Waals surface area contributed by atoms with E-state index in [1.54, 1.807) is 36.5 Å². The number of primary amides is 1. The monoisotopic (exact) mass is 343 g/mol. The van der Waals surface area contributed by atoms with Crippen LogP contribution in [0.1, 0.15) is 42.3 Å². The molecule has 126 valence electrons. The number of carbonyl (C=O) groups is 2. The molecule has 0 saturated carbocycles. The molecule has 1 aromatic carbocycles. The van der Waals surface area contributed by atoms with Crippen molar-refractivity contribution in [2.45, 2.75) is 32.2 Å². The molecule has 2 aromatic rings. The van der Waals surface area contributed by atoms with Crippen molar-refractivity contribution in [3.8, 4) is 0 Å². The zero-order valence-electron chi connectivity index (χ0n) is 13.9. The first-order chi connectivity index (χ1) is 11.3. The molecule has 2 rings (SSSR count). The van der Waals surface area contributed by atoms with Gasteiger partial charge in [0.15, 0.2) is 0 Å². The Kier molecular flexibility index (Phi) is 5.51. The number of rotatable bonds is 5. The SMILES string of the molecule is CC(C)(C)c1ncc(/C=C\C(=O)N[C@@H](C(N)=O)c2ccccc2)s1. The first kappa shape index (κ1) is 17.9. The molecular formula is C18H21N3O2S. The van der Waals surface area contributed by atoms with Crippen molar-refractivity contribution in [2.75, 3.05) is 0 Å². The van der Waals surface area contributed by atoms with Crippen LogP contribution in [0.4, 0.5) is 0 Å². The highest BCUT2D eigenvalue weighted by Crippen LogP contribution is 2.27. The minimum atomic E-state index is -0.852. The summed E-state index contributed by atoms with van der Waals surface area (Å²) in [4.78, 5) is 28.9. The van der Waals surface area contributed by atoms with Crippen LogP contribution in [0.25, 0.3) is 6.08 Å². The maximum Gasteiger partial charge on any atom is 0.244 e. The number of carbonyl (C=O) groups excluding carboxylic acids is 2. The highest BCUT2D eigenvalue weighted by atomic mass is 32.1. The number of aromatic nitrogens is 1. The van der Waals surface area contributed by atoms with Gasteiger partial charge < -0.3 is 11.1 Å². The van der Waals surface area contributed by atoms with Gasteiger partial charge in [-0.15, -0.1) is 11.3 Å². The van der Waals surface area contributed by atoms with Gasteiger partial charge in [-0.1, -0.05) is 51.1 Å². The number of hydrogen-bond donors (Lipinski definition) is 2. The quantitative estimate of drug-likeness (QED) is 0.819. The van der Waals surface area contributed by atoms with Crippen LogP contribution in [-0.2, 0) is 15.0 Å². The number of benzene rings is 1. The van der Waals surface area contributed by atoms with Crippen LogP contribution < -0.4 is 11.1 Å². The van der Waals surface area contributed by atoms with Gasteiger partial charge in [0, 0.05) is 22.6 Å². The molecular weight excluding hydrogens is 322 g/mol. The van der Waals surface area contributed by atoms with E-state index in [2.05, 4.69) is 31.1 Å². The fraction of sp³-hybridized carbons (Fsp3) is 0.278. The Labute approximate surface area is 145 Å². The molecule has 0 unspecified atom stereocenters. The lowest BCUT2D eigenvalue weighted by molar-refractivity contribution is -0.125. The molecule has 0 spiro atoms. The van der Waals surface area contributed by atoms with Crippen LogP contribution in [0.3, 0.4) is 0 Å². The highest BCUT2D eigenvalue weighted by Gasteiger charge is 2.19. The molecule has 0 fully saturated rings. The summed E-state index contributed by atoms with van der Waals surface area (Å²) >= 11 is 1.53. The summed E-state index contributed by atoms with van der Waals surface area (Å²) in [5.41, 5.74) is 6.02. The third-order valence-corrected chi connectivity index (χ3v) is 4.66. The van der Waals surface area contributed by atoms with E-state index in [9.17, 15) is 9.59 Å². The molecule has 3 N–H and O–H groups in total. The number of thiazole rings is 1. The van der Waals surface area contributed by atoms with Gasteiger partial charge in [-0.2, -0.15) is 0 Å². The van der Waals surface area contributed by atoms with Gasteiger partial charge in [-0.05, 0) is 11.6 Å². The van der Waals surface area contributed by atoms with E-state index in [1.807, 2.05) is 6.07 Å². The standard InChI is InChI=1S/C18H21N3O2S/c1-18(2,3)17-20-11-13(24-17)9-10-14(22)21-15(16(19)23)12-7-5-4-6-8-12/h4-11,15H,1-3H3,(H2,19,23)(H,21,22)/b10-9-/t15-/m1/s1. The molecule has 24 heavy (non-hydrogen) atoms. The molecule has 0 bridgehead atoms. The fourth-order valence-corrected chi connectivity index (χ4v) is 2.90. The highest BCUT2D eigenvalue weighted by molar-refractivity contribution is 7.12. The molecule has 1 atom stereocenters. The molecule has 1 heterocycles. The Hall–Kier alpha value is -2.47. The second kappa shape index (κ2) is 7.40. The van der Waals surface area contributed by atoms with Crippen molar-refractivity contribution >= 4 is 29.2 Å². The van der Waals surface area contributed by atoms with Crippen molar-refractivity contribution in [3.63, 3.8) is 0 Å². The van der Waals surface area contributed by atoms with E-state index < -0.39 is 11.9 Å². The van der Waals surface area contributed by atoms with Gasteiger partial charge >= 0.3 is 0 Å². The molecule has 2 amide bonds. The van der Waals surface area contributed by atoms with Crippen LogP contribution >= 0.6 is 11.3 Å². The van der Waals surface area contributed by atoms with Crippen molar-refractivity contribution in [1.82, 2.24) is 10.3 Å². The van der Waals surface area contributed by atoms with E-state index in [0.29, 0.717) is 5.56 Å². The zero-order chi connectivity index (χ0) is 17.7. The van der Waals surface area contributed by atoms with Gasteiger partial charge in [0.25, 0.3) is 0 Å². The number of hydrogen-bond acceptors (Lipinski definition) is 4. The maximum absolute atomic E-state index is 12.1. The molecule has 6 heteroatoms. The van der Waals surface area contributed by atoms with E-state index in [4.69, 9.17) is 5.73 Å². The topological polar surface area (TPSA) is 85.1 Å². The Balaban J connectivity index is 2.06. The average molecular weight is 343 g/mol. The Morgan fingerprint density at radius 2 is 1.92 bits per heavy atom. The second-order valence-electron chi connectivity index (χ2n) is 6.41. The van der Waals surface area contributed by atoms with Gasteiger partial charge in [0.05, 0.1) is 5.01 Å². The lowest BCUT2D eigenvalue weighted by Crippen LogP contribution is -2.36. The lowest BCUT2D eigenvalue weighted by atomic mass is 9.98. The summed E-state index contributed by atoms with van der Waals surface area (Å²) in [6.45, 7) is 6.26. The number of nitrogens with two attached hydrogens (primary N) is 1. The van der Waals surface area contributed by atoms with Crippen LogP contribution in [0.2, 0.25) is 0 Å². The normalized spacial score (nSPS) is 13.0. The van der Waals surface area contributed by atoms with E-state index in [1.165, 1.54) is 17.4 Å². The van der Waals surface area contributed by atoms with Crippen LogP contribution in [-0.4, -0.2) is 16.8 Å². The van der Waals surface area contributed by atoms with Crippen LogP contribution in [0.5, 0.6) is 0 Å². The molecule has 0 aliphatic heterocycles. The Morgan fingerprint density at radius 3 is 2.46 bits per heavy atom. The van der Waals surface area contributed by atoms with Gasteiger partial charge in [0.1, 0.15) is 6.04 Å². The average Bonchev–Trinajstić information content (AvgIpc) is 3.00. The van der Waals surface area contributed by atoms with Crippen molar-refractivity contribution in [2.24, 2.45) is 5.73 Å². The predicted molar refractivity (Wildman–Crippen MR) is 96.4 cm³/mol. The minimum absolute atomic E-state index is 0.0244. The maximum atomic E-state index is 12.1. The molecule has 0 aliphatic carbocycles. The summed E-state index contributed by atoms with van der Waals surface area (Å²) in [5, 5.41) is 3.63. The summed E-state index contributed by atoms with van der Waals surface area (Å²) < 4.78 is 0. The van der Waals surface area contributed by atoms with E-state index in [-0.39, 0.29) is 11.3 Å². The van der Waals surface area contributed by atoms with E-state index in [0.717, 1.165) is 9.88 Å². The van der Waals surface area contributed by atoms with Crippen LogP contribution in [0.15, 0.2) is 42.6 Å². The second-order valence-corrected chi connectivity index (χ2v) is 7.47. The van der Waals surface area contributed by atoms with Crippen molar-refractivity contribution in [1.29, 1.82) is 0 Å². The van der Waals surface area contributed by atoms with Gasteiger partial charge in [-0.3, -0.25) is 9.59 Å². The van der Waals surface area contributed by atoms with Gasteiger partial charge in [0.2, 0.25) is 11.8 Å². The number of nitrogens with zero attached hydrogens (tertiary/aromatic N) is 1. The van der Waals surface area contributed by atoms with Crippen molar-refractivity contribution in [3.05, 3.63) is 58.1 Å². The van der Waals surface area contributed by atoms with Gasteiger partial charge in [-0.25, -0.2) is 4.98 Å². The summed E-state index contributed by atoms with van der Waals surface area (Å²) in [7, 11) is 0. The molecule has 0 aliphatic rings. The summed E-state index contributed by atoms with van der Waals surface area (Å²) in [5.74, 6) is -0.982. The molecule has 5 nitrogen and oxygen atoms in total. The summed E-state index contributed by atoms with van der Waals surface area (Å²) in [6, 6.07) is 8.06. The predicted octanol–water partition coefficient (Wildman–Crippen LogP) is 2.80. The van der Waals surface area contributed by atoms with E-state index >= 15 is 0 Å². The number of nitrogens with one attached hydrogen (secondary N) is 1. The molecule has 0 radical (unpaired) electrons. The lowest BCUT2D eigenvalue weighted by Gasteiger charge is -2.14. The molecule has 1 aromatic heterocycles. The first-order valence-electron chi connectivity index (χ1n) is 7.56. The fourth-order valence-electron chi connectivity index (χ4n) is 2.02. The third-order valence-electron chi connectivity index (χ3n) is 3.27. The molecule has 0 saturated heterocycles. The smallest absolute Gasteiger partial charge is 0.244 e. The van der Waals surface area contributed by atoms with Crippen molar-refractivity contribution < 1.29 is 9.59 Å². The number of amides is 2. The Bertz CT molecular complexity index is 745. The largest absolute Gasteiger partial charge is 0.368 e. The van der Waals surface area contributed by atoms with Crippen LogP contribution in [0, 0.1) is 0 Å². The minimum Gasteiger partial charge on any atom is -0.368 e.